The van der Waals surface area contributed by atoms with E-state index < -0.39 is 0 Å². The smallest absolute Gasteiger partial charge is 0.123 e. The van der Waals surface area contributed by atoms with Crippen molar-refractivity contribution in [3.63, 3.8) is 0 Å². The molecule has 1 aromatic rings. The summed E-state index contributed by atoms with van der Waals surface area (Å²) in [5.74, 6) is 1.92. The summed E-state index contributed by atoms with van der Waals surface area (Å²) in [5, 5.41) is 3.71. The van der Waals surface area contributed by atoms with Gasteiger partial charge in [-0.25, -0.2) is 0 Å². The number of ether oxygens (including phenoxy) is 2. The molecule has 1 unspecified atom stereocenters. The topological polar surface area (TPSA) is 30.5 Å². The minimum Gasteiger partial charge on any atom is -0.491 e. The molecule has 3 rings (SSSR count). The number of para-hydroxylation sites is 1. The lowest BCUT2D eigenvalue weighted by atomic mass is 9.85. The number of hydrogen-bond acceptors (Lipinski definition) is 3. The van der Waals surface area contributed by atoms with Crippen molar-refractivity contribution >= 4 is 0 Å². The first kappa shape index (κ1) is 19.7. The third-order valence-electron chi connectivity index (χ3n) is 6.02. The van der Waals surface area contributed by atoms with Gasteiger partial charge in [0.2, 0.25) is 0 Å². The van der Waals surface area contributed by atoms with E-state index in [1.54, 1.807) is 0 Å². The molecule has 1 N–H and O–H groups in total. The quantitative estimate of drug-likeness (QED) is 0.562. The molecule has 0 radical (unpaired) electrons. The van der Waals surface area contributed by atoms with Crippen LogP contribution in [0, 0.1) is 5.92 Å². The van der Waals surface area contributed by atoms with Gasteiger partial charge in [-0.05, 0) is 38.2 Å². The van der Waals surface area contributed by atoms with Gasteiger partial charge in [0.25, 0.3) is 0 Å². The normalized spacial score (nSPS) is 20.3. The van der Waals surface area contributed by atoms with E-state index in [9.17, 15) is 0 Å². The molecule has 2 fully saturated rings. The van der Waals surface area contributed by atoms with Gasteiger partial charge in [-0.2, -0.15) is 0 Å². The Hall–Kier alpha value is -1.06. The fraction of sp³-hybridized carbons (Fsp3) is 0.739. The molecule has 0 bridgehead atoms. The highest BCUT2D eigenvalue weighted by atomic mass is 16.5. The van der Waals surface area contributed by atoms with Gasteiger partial charge in [0.1, 0.15) is 12.4 Å². The summed E-state index contributed by atoms with van der Waals surface area (Å²) in [5.41, 5.74) is 1.25. The Labute approximate surface area is 159 Å². The van der Waals surface area contributed by atoms with E-state index >= 15 is 0 Å². The van der Waals surface area contributed by atoms with Crippen LogP contribution in [0.15, 0.2) is 24.3 Å². The minimum atomic E-state index is 0.469. The zero-order valence-electron chi connectivity index (χ0n) is 16.6. The average molecular weight is 360 g/mol. The highest BCUT2D eigenvalue weighted by Gasteiger charge is 2.17. The van der Waals surface area contributed by atoms with Crippen molar-refractivity contribution in [3.05, 3.63) is 29.8 Å². The van der Waals surface area contributed by atoms with Crippen molar-refractivity contribution < 1.29 is 9.47 Å². The van der Waals surface area contributed by atoms with E-state index in [-0.39, 0.29) is 0 Å². The monoisotopic (exact) mass is 359 g/mol. The van der Waals surface area contributed by atoms with Crippen molar-refractivity contribution in [3.8, 4) is 5.75 Å². The lowest BCUT2D eigenvalue weighted by molar-refractivity contribution is 0.0380. The second-order valence-corrected chi connectivity index (χ2v) is 8.26. The van der Waals surface area contributed by atoms with Crippen LogP contribution in [0.25, 0.3) is 0 Å². The average Bonchev–Trinajstić information content (AvgIpc) is 3.19. The lowest BCUT2D eigenvalue weighted by Crippen LogP contribution is -2.28. The van der Waals surface area contributed by atoms with Crippen LogP contribution in [-0.4, -0.2) is 25.4 Å². The molecule has 0 amide bonds. The summed E-state index contributed by atoms with van der Waals surface area (Å²) in [7, 11) is 0. The molecule has 2 saturated carbocycles. The Kier molecular flexibility index (Phi) is 8.28. The highest BCUT2D eigenvalue weighted by molar-refractivity contribution is 5.33. The highest BCUT2D eigenvalue weighted by Crippen LogP contribution is 2.27. The second kappa shape index (κ2) is 10.9. The summed E-state index contributed by atoms with van der Waals surface area (Å²) in [6.45, 7) is 4.55. The fourth-order valence-electron chi connectivity index (χ4n) is 4.50. The van der Waals surface area contributed by atoms with Crippen LogP contribution in [0.5, 0.6) is 5.75 Å². The molecule has 0 spiro atoms. The van der Waals surface area contributed by atoms with Crippen LogP contribution in [0.1, 0.15) is 76.7 Å². The van der Waals surface area contributed by atoms with E-state index in [0.717, 1.165) is 18.2 Å². The molecule has 0 saturated heterocycles. The third kappa shape index (κ3) is 6.59. The second-order valence-electron chi connectivity index (χ2n) is 8.26. The van der Waals surface area contributed by atoms with Crippen LogP contribution in [0.4, 0.5) is 0 Å². The third-order valence-corrected chi connectivity index (χ3v) is 6.02. The Morgan fingerprint density at radius 1 is 0.962 bits per heavy atom. The molecule has 26 heavy (non-hydrogen) atoms. The molecular formula is C23H37NO2. The van der Waals surface area contributed by atoms with Crippen LogP contribution in [0.2, 0.25) is 0 Å². The van der Waals surface area contributed by atoms with Gasteiger partial charge in [-0.15, -0.1) is 0 Å². The molecule has 146 valence electrons. The first-order valence-corrected chi connectivity index (χ1v) is 10.9. The van der Waals surface area contributed by atoms with Gasteiger partial charge in [0.05, 0.1) is 12.7 Å². The molecule has 3 nitrogen and oxygen atoms in total. The SMILES string of the molecule is CC(CC1CCCCC1)NCc1ccccc1OCCOC1CCCC1. The van der Waals surface area contributed by atoms with Gasteiger partial charge in [0.15, 0.2) is 0 Å². The first-order valence-electron chi connectivity index (χ1n) is 10.9. The maximum atomic E-state index is 6.01. The van der Waals surface area contributed by atoms with Gasteiger partial charge in [0, 0.05) is 18.2 Å². The Morgan fingerprint density at radius 3 is 2.50 bits per heavy atom. The van der Waals surface area contributed by atoms with Crippen LogP contribution < -0.4 is 10.1 Å². The maximum absolute atomic E-state index is 6.01. The van der Waals surface area contributed by atoms with E-state index in [2.05, 4.69) is 36.5 Å². The van der Waals surface area contributed by atoms with Crippen molar-refractivity contribution in [1.29, 1.82) is 0 Å². The minimum absolute atomic E-state index is 0.469. The van der Waals surface area contributed by atoms with Gasteiger partial charge >= 0.3 is 0 Å². The number of nitrogens with one attached hydrogen (secondary N) is 1. The number of benzene rings is 1. The van der Waals surface area contributed by atoms with Crippen molar-refractivity contribution in [2.75, 3.05) is 13.2 Å². The number of rotatable bonds is 10. The Balaban J connectivity index is 1.38. The molecule has 0 aromatic heterocycles. The van der Waals surface area contributed by atoms with Crippen molar-refractivity contribution in [1.82, 2.24) is 5.32 Å². The number of hydrogen-bond donors (Lipinski definition) is 1. The fourth-order valence-corrected chi connectivity index (χ4v) is 4.50. The first-order chi connectivity index (χ1) is 12.8. The molecule has 2 aliphatic carbocycles. The molecule has 0 aliphatic heterocycles. The standard InChI is InChI=1S/C23H37NO2/c1-19(17-20-9-3-2-4-10-20)24-18-21-11-5-8-14-23(21)26-16-15-25-22-12-6-7-13-22/h5,8,11,14,19-20,22,24H,2-4,6-7,9-10,12-13,15-18H2,1H3. The predicted octanol–water partition coefficient (Wildman–Crippen LogP) is 5.47. The Bertz CT molecular complexity index is 507. The van der Waals surface area contributed by atoms with Crippen LogP contribution >= 0.6 is 0 Å². The molecule has 3 heteroatoms. The largest absolute Gasteiger partial charge is 0.491 e. The van der Waals surface area contributed by atoms with E-state index in [4.69, 9.17) is 9.47 Å². The van der Waals surface area contributed by atoms with Gasteiger partial charge in [-0.3, -0.25) is 0 Å². The lowest BCUT2D eigenvalue weighted by Gasteiger charge is -2.25. The summed E-state index contributed by atoms with van der Waals surface area (Å²) < 4.78 is 11.9. The predicted molar refractivity (Wildman–Crippen MR) is 108 cm³/mol. The summed E-state index contributed by atoms with van der Waals surface area (Å²) in [6, 6.07) is 8.98. The zero-order chi connectivity index (χ0) is 18.0. The molecule has 1 atom stereocenters. The van der Waals surface area contributed by atoms with E-state index in [1.165, 1.54) is 69.8 Å². The molecule has 0 heterocycles. The molecule has 1 aromatic carbocycles. The maximum Gasteiger partial charge on any atom is 0.123 e. The molecular weight excluding hydrogens is 322 g/mol. The molecule has 2 aliphatic rings. The van der Waals surface area contributed by atoms with Crippen LogP contribution in [0.3, 0.4) is 0 Å². The van der Waals surface area contributed by atoms with Crippen molar-refractivity contribution in [2.24, 2.45) is 5.92 Å². The Morgan fingerprint density at radius 2 is 1.69 bits per heavy atom. The van der Waals surface area contributed by atoms with Crippen molar-refractivity contribution in [2.45, 2.75) is 89.8 Å². The zero-order valence-corrected chi connectivity index (χ0v) is 16.6. The van der Waals surface area contributed by atoms with Gasteiger partial charge in [-0.1, -0.05) is 63.1 Å². The van der Waals surface area contributed by atoms with Crippen LogP contribution in [-0.2, 0) is 11.3 Å². The summed E-state index contributed by atoms with van der Waals surface area (Å²) in [6.07, 6.45) is 14.0. The van der Waals surface area contributed by atoms with E-state index in [1.807, 2.05) is 0 Å². The summed E-state index contributed by atoms with van der Waals surface area (Å²) >= 11 is 0. The summed E-state index contributed by atoms with van der Waals surface area (Å²) in [4.78, 5) is 0. The van der Waals surface area contributed by atoms with Gasteiger partial charge < -0.3 is 14.8 Å². The van der Waals surface area contributed by atoms with E-state index in [0.29, 0.717) is 25.4 Å².